The van der Waals surface area contributed by atoms with E-state index in [1.54, 1.807) is 0 Å². The normalized spacial score (nSPS) is 20.3. The van der Waals surface area contributed by atoms with E-state index in [0.717, 1.165) is 61.1 Å². The van der Waals surface area contributed by atoms with Crippen molar-refractivity contribution in [3.8, 4) is 17.0 Å². The summed E-state index contributed by atoms with van der Waals surface area (Å²) >= 11 is 0. The first kappa shape index (κ1) is 18.5. The van der Waals surface area contributed by atoms with E-state index in [1.807, 2.05) is 25.4 Å². The lowest BCUT2D eigenvalue weighted by atomic mass is 10.0. The minimum absolute atomic E-state index is 0.250. The summed E-state index contributed by atoms with van der Waals surface area (Å²) in [5.41, 5.74) is 4.50. The molecule has 3 heterocycles. The molecular formula is C22H26FN5O. The SMILES string of the molecule is COc1c(-c2nnc3c(ncn3[C@@H]3CCCN(C)C3)c2C)ccc(C2CC2)c1F. The van der Waals surface area contributed by atoms with Gasteiger partial charge in [-0.1, -0.05) is 6.07 Å². The molecule has 1 aliphatic carbocycles. The topological polar surface area (TPSA) is 56.1 Å². The van der Waals surface area contributed by atoms with Crippen molar-refractivity contribution < 1.29 is 9.13 Å². The molecule has 7 heteroatoms. The van der Waals surface area contributed by atoms with Crippen molar-refractivity contribution in [3.05, 3.63) is 35.4 Å². The molecule has 0 unspecified atom stereocenters. The molecule has 29 heavy (non-hydrogen) atoms. The highest BCUT2D eigenvalue weighted by molar-refractivity contribution is 5.83. The van der Waals surface area contributed by atoms with Crippen LogP contribution >= 0.6 is 0 Å². The van der Waals surface area contributed by atoms with E-state index < -0.39 is 0 Å². The van der Waals surface area contributed by atoms with Crippen LogP contribution < -0.4 is 4.74 Å². The third kappa shape index (κ3) is 3.08. The monoisotopic (exact) mass is 395 g/mol. The smallest absolute Gasteiger partial charge is 0.183 e. The summed E-state index contributed by atoms with van der Waals surface area (Å²) in [6.45, 7) is 4.08. The lowest BCUT2D eigenvalue weighted by molar-refractivity contribution is 0.214. The number of imidazole rings is 1. The van der Waals surface area contributed by atoms with Crippen molar-refractivity contribution in [2.24, 2.45) is 0 Å². The number of fused-ring (bicyclic) bond motifs is 1. The molecule has 1 atom stereocenters. The average molecular weight is 395 g/mol. The van der Waals surface area contributed by atoms with Gasteiger partial charge in [0.25, 0.3) is 0 Å². The van der Waals surface area contributed by atoms with Crippen LogP contribution in [0.25, 0.3) is 22.4 Å². The summed E-state index contributed by atoms with van der Waals surface area (Å²) in [6, 6.07) is 4.13. The zero-order chi connectivity index (χ0) is 20.1. The van der Waals surface area contributed by atoms with E-state index in [2.05, 4.69) is 31.7 Å². The summed E-state index contributed by atoms with van der Waals surface area (Å²) < 4.78 is 22.6. The van der Waals surface area contributed by atoms with Crippen LogP contribution in [-0.4, -0.2) is 51.9 Å². The number of piperidine rings is 1. The standard InChI is InChI=1S/C22H26FN5O/c1-13-19(17-9-8-16(14-6-7-14)18(23)21(17)29-3)25-26-22-20(13)24-12-28(22)15-5-4-10-27(2)11-15/h8-9,12,14-15H,4-7,10-11H2,1-3H3/t15-/m1/s1. The van der Waals surface area contributed by atoms with Crippen LogP contribution in [0.15, 0.2) is 18.5 Å². The molecule has 1 aliphatic heterocycles. The van der Waals surface area contributed by atoms with Crippen LogP contribution in [0, 0.1) is 12.7 Å². The fraction of sp³-hybridized carbons (Fsp3) is 0.500. The van der Waals surface area contributed by atoms with Crippen LogP contribution in [0.2, 0.25) is 0 Å². The minimum atomic E-state index is -0.274. The first-order valence-corrected chi connectivity index (χ1v) is 10.3. The number of nitrogens with zero attached hydrogens (tertiary/aromatic N) is 5. The van der Waals surface area contributed by atoms with Gasteiger partial charge in [-0.2, -0.15) is 0 Å². The Kier molecular flexibility index (Phi) is 4.50. The maximum absolute atomic E-state index is 15.0. The van der Waals surface area contributed by atoms with E-state index in [0.29, 0.717) is 23.2 Å². The number of halogens is 1. The highest BCUT2D eigenvalue weighted by atomic mass is 19.1. The van der Waals surface area contributed by atoms with Gasteiger partial charge in [-0.25, -0.2) is 9.37 Å². The predicted molar refractivity (Wildman–Crippen MR) is 110 cm³/mol. The number of benzene rings is 1. The molecule has 6 nitrogen and oxygen atoms in total. The zero-order valence-electron chi connectivity index (χ0n) is 17.2. The largest absolute Gasteiger partial charge is 0.493 e. The van der Waals surface area contributed by atoms with E-state index in [-0.39, 0.29) is 11.6 Å². The Bertz CT molecular complexity index is 1070. The Hall–Kier alpha value is -2.54. The van der Waals surface area contributed by atoms with Gasteiger partial charge in [-0.3, -0.25) is 0 Å². The van der Waals surface area contributed by atoms with Crippen molar-refractivity contribution in [1.82, 2.24) is 24.6 Å². The van der Waals surface area contributed by atoms with E-state index in [4.69, 9.17) is 4.74 Å². The maximum atomic E-state index is 15.0. The number of hydrogen-bond acceptors (Lipinski definition) is 5. The molecule has 3 aromatic rings. The molecule has 152 valence electrons. The Morgan fingerprint density at radius 3 is 2.72 bits per heavy atom. The van der Waals surface area contributed by atoms with Crippen LogP contribution in [0.5, 0.6) is 5.75 Å². The molecular weight excluding hydrogens is 369 g/mol. The summed E-state index contributed by atoms with van der Waals surface area (Å²) in [7, 11) is 3.65. The van der Waals surface area contributed by atoms with Crippen molar-refractivity contribution in [3.63, 3.8) is 0 Å². The van der Waals surface area contributed by atoms with Gasteiger partial charge < -0.3 is 14.2 Å². The highest BCUT2D eigenvalue weighted by Crippen LogP contribution is 2.45. The second kappa shape index (κ2) is 7.06. The first-order valence-electron chi connectivity index (χ1n) is 10.3. The molecule has 0 radical (unpaired) electrons. The molecule has 0 spiro atoms. The van der Waals surface area contributed by atoms with Gasteiger partial charge in [-0.05, 0) is 63.7 Å². The Balaban J connectivity index is 1.59. The third-order valence-corrected chi connectivity index (χ3v) is 6.32. The number of aromatic nitrogens is 4. The third-order valence-electron chi connectivity index (χ3n) is 6.32. The van der Waals surface area contributed by atoms with Gasteiger partial charge >= 0.3 is 0 Å². The lowest BCUT2D eigenvalue weighted by Gasteiger charge is -2.30. The van der Waals surface area contributed by atoms with Crippen LogP contribution in [-0.2, 0) is 0 Å². The van der Waals surface area contributed by atoms with Gasteiger partial charge in [0.15, 0.2) is 17.2 Å². The fourth-order valence-electron chi connectivity index (χ4n) is 4.56. The highest BCUT2D eigenvalue weighted by Gasteiger charge is 2.30. The molecule has 0 N–H and O–H groups in total. The van der Waals surface area contributed by atoms with Crippen LogP contribution in [0.4, 0.5) is 4.39 Å². The van der Waals surface area contributed by atoms with Crippen molar-refractivity contribution in [2.45, 2.75) is 44.6 Å². The summed E-state index contributed by atoms with van der Waals surface area (Å²) in [5, 5.41) is 9.00. The fourth-order valence-corrected chi connectivity index (χ4v) is 4.56. The van der Waals surface area contributed by atoms with Crippen LogP contribution in [0.3, 0.4) is 0 Å². The number of hydrogen-bond donors (Lipinski definition) is 0. The molecule has 1 saturated heterocycles. The zero-order valence-corrected chi connectivity index (χ0v) is 17.2. The molecule has 1 aromatic carbocycles. The number of ether oxygens (including phenoxy) is 1. The van der Waals surface area contributed by atoms with E-state index >= 15 is 4.39 Å². The quantitative estimate of drug-likeness (QED) is 0.666. The van der Waals surface area contributed by atoms with Gasteiger partial charge in [0.05, 0.1) is 13.4 Å². The Labute approximate surface area is 169 Å². The minimum Gasteiger partial charge on any atom is -0.493 e. The van der Waals surface area contributed by atoms with Gasteiger partial charge in [0.1, 0.15) is 11.2 Å². The van der Waals surface area contributed by atoms with Gasteiger partial charge in [0.2, 0.25) is 0 Å². The second-order valence-electron chi connectivity index (χ2n) is 8.38. The van der Waals surface area contributed by atoms with Crippen molar-refractivity contribution in [1.29, 1.82) is 0 Å². The molecule has 0 bridgehead atoms. The van der Waals surface area contributed by atoms with Gasteiger partial charge in [-0.15, -0.1) is 10.2 Å². The Morgan fingerprint density at radius 2 is 2.00 bits per heavy atom. The first-order chi connectivity index (χ1) is 14.1. The number of rotatable bonds is 4. The van der Waals surface area contributed by atoms with E-state index in [1.165, 1.54) is 7.11 Å². The summed E-state index contributed by atoms with van der Waals surface area (Å²) in [6.07, 6.45) is 6.22. The van der Waals surface area contributed by atoms with Crippen molar-refractivity contribution >= 4 is 11.2 Å². The number of methoxy groups -OCH3 is 1. The molecule has 2 fully saturated rings. The molecule has 5 rings (SSSR count). The van der Waals surface area contributed by atoms with Crippen molar-refractivity contribution in [2.75, 3.05) is 27.2 Å². The van der Waals surface area contributed by atoms with Crippen LogP contribution in [0.1, 0.15) is 48.8 Å². The van der Waals surface area contributed by atoms with Gasteiger partial charge in [0, 0.05) is 23.7 Å². The average Bonchev–Trinajstić information content (AvgIpc) is 3.46. The summed E-state index contributed by atoms with van der Waals surface area (Å²) in [5.74, 6) is 0.293. The molecule has 1 saturated carbocycles. The number of likely N-dealkylation sites (N-methyl/N-ethyl adjacent to an activating group) is 1. The number of aryl methyl sites for hydroxylation is 1. The van der Waals surface area contributed by atoms with E-state index in [9.17, 15) is 0 Å². The lowest BCUT2D eigenvalue weighted by Crippen LogP contribution is -2.33. The maximum Gasteiger partial charge on any atom is 0.183 e. The molecule has 2 aromatic heterocycles. The molecule has 2 aliphatic rings. The second-order valence-corrected chi connectivity index (χ2v) is 8.38. The Morgan fingerprint density at radius 1 is 1.17 bits per heavy atom. The molecule has 0 amide bonds. The predicted octanol–water partition coefficient (Wildman–Crippen LogP) is 4.09. The summed E-state index contributed by atoms with van der Waals surface area (Å²) in [4.78, 5) is 6.98. The number of likely N-dealkylation sites (tertiary alicyclic amines) is 1.